The van der Waals surface area contributed by atoms with Gasteiger partial charge < -0.3 is 4.74 Å². The maximum absolute atomic E-state index is 12.4. The number of para-hydroxylation sites is 1. The van der Waals surface area contributed by atoms with Crippen molar-refractivity contribution in [1.29, 1.82) is 0 Å². The summed E-state index contributed by atoms with van der Waals surface area (Å²) in [5, 5.41) is 0.425. The normalized spacial score (nSPS) is 10.2. The lowest BCUT2D eigenvalue weighted by Crippen LogP contribution is -2.04. The second-order valence-corrected chi connectivity index (χ2v) is 4.98. The number of ether oxygens (including phenoxy) is 1. The van der Waals surface area contributed by atoms with Crippen LogP contribution in [0.4, 0.5) is 0 Å². The lowest BCUT2D eigenvalue weighted by Gasteiger charge is -2.08. The maximum Gasteiger partial charge on any atom is 0.198 e. The van der Waals surface area contributed by atoms with Gasteiger partial charge >= 0.3 is 0 Å². The van der Waals surface area contributed by atoms with Gasteiger partial charge in [-0.25, -0.2) is 0 Å². The van der Waals surface area contributed by atoms with E-state index in [-0.39, 0.29) is 5.78 Å². The number of ketones is 1. The second-order valence-electron chi connectivity index (χ2n) is 3.65. The van der Waals surface area contributed by atoms with Gasteiger partial charge in [-0.3, -0.25) is 4.79 Å². The van der Waals surface area contributed by atoms with E-state index in [1.54, 1.807) is 36.4 Å². The standard InChI is InChI=1S/C14H10BrClO2/c1-18-13-5-3-2-4-10(13)14(17)11-8-9(15)6-7-12(11)16/h2-8H,1H3. The van der Waals surface area contributed by atoms with Crippen LogP contribution in [0.5, 0.6) is 5.75 Å². The van der Waals surface area contributed by atoms with Crippen LogP contribution in [-0.4, -0.2) is 12.9 Å². The van der Waals surface area contributed by atoms with E-state index in [9.17, 15) is 4.79 Å². The minimum atomic E-state index is -0.154. The van der Waals surface area contributed by atoms with E-state index < -0.39 is 0 Å². The second kappa shape index (κ2) is 5.55. The lowest BCUT2D eigenvalue weighted by molar-refractivity contribution is 0.103. The molecule has 0 saturated carbocycles. The van der Waals surface area contributed by atoms with Crippen LogP contribution in [0.2, 0.25) is 5.02 Å². The zero-order valence-corrected chi connectivity index (χ0v) is 12.0. The molecule has 0 amide bonds. The third-order valence-electron chi connectivity index (χ3n) is 2.52. The maximum atomic E-state index is 12.4. The van der Waals surface area contributed by atoms with Crippen molar-refractivity contribution in [2.24, 2.45) is 0 Å². The van der Waals surface area contributed by atoms with E-state index in [1.807, 2.05) is 6.07 Å². The number of carbonyl (C=O) groups is 1. The molecular weight excluding hydrogens is 316 g/mol. The summed E-state index contributed by atoms with van der Waals surface area (Å²) >= 11 is 9.38. The zero-order chi connectivity index (χ0) is 13.1. The van der Waals surface area contributed by atoms with E-state index in [2.05, 4.69) is 15.9 Å². The monoisotopic (exact) mass is 324 g/mol. The van der Waals surface area contributed by atoms with Crippen LogP contribution < -0.4 is 4.74 Å². The summed E-state index contributed by atoms with van der Waals surface area (Å²) in [6, 6.07) is 12.3. The van der Waals surface area contributed by atoms with Gasteiger partial charge in [0.25, 0.3) is 0 Å². The Morgan fingerprint density at radius 3 is 2.61 bits per heavy atom. The molecule has 0 spiro atoms. The minimum Gasteiger partial charge on any atom is -0.496 e. The van der Waals surface area contributed by atoms with Gasteiger partial charge in [-0.05, 0) is 30.3 Å². The number of carbonyl (C=O) groups excluding carboxylic acids is 1. The smallest absolute Gasteiger partial charge is 0.198 e. The van der Waals surface area contributed by atoms with Crippen molar-refractivity contribution in [3.63, 3.8) is 0 Å². The Hall–Kier alpha value is -1.32. The van der Waals surface area contributed by atoms with Crippen molar-refractivity contribution in [3.05, 3.63) is 63.1 Å². The van der Waals surface area contributed by atoms with E-state index in [0.29, 0.717) is 21.9 Å². The summed E-state index contributed by atoms with van der Waals surface area (Å²) < 4.78 is 5.99. The molecule has 0 atom stereocenters. The summed E-state index contributed by atoms with van der Waals surface area (Å²) in [5.74, 6) is 0.386. The molecule has 0 aliphatic carbocycles. The van der Waals surface area contributed by atoms with Crippen molar-refractivity contribution in [3.8, 4) is 5.75 Å². The SMILES string of the molecule is COc1ccccc1C(=O)c1cc(Br)ccc1Cl. The Labute approximate surface area is 119 Å². The average Bonchev–Trinajstić information content (AvgIpc) is 2.40. The third kappa shape index (κ3) is 2.57. The molecule has 0 aromatic heterocycles. The van der Waals surface area contributed by atoms with Gasteiger partial charge in [-0.15, -0.1) is 0 Å². The van der Waals surface area contributed by atoms with Crippen LogP contribution in [0.25, 0.3) is 0 Å². The largest absolute Gasteiger partial charge is 0.496 e. The predicted octanol–water partition coefficient (Wildman–Crippen LogP) is 4.34. The minimum absolute atomic E-state index is 0.154. The molecule has 0 aliphatic rings. The fourth-order valence-corrected chi connectivity index (χ4v) is 2.21. The summed E-state index contributed by atoms with van der Waals surface area (Å²) in [7, 11) is 1.54. The number of halogens is 2. The molecule has 0 N–H and O–H groups in total. The topological polar surface area (TPSA) is 26.3 Å². The molecule has 0 aliphatic heterocycles. The van der Waals surface area contributed by atoms with E-state index in [0.717, 1.165) is 4.47 Å². The Morgan fingerprint density at radius 2 is 1.89 bits per heavy atom. The van der Waals surface area contributed by atoms with Gasteiger partial charge in [-0.1, -0.05) is 39.7 Å². The van der Waals surface area contributed by atoms with Crippen LogP contribution in [0, 0.1) is 0 Å². The van der Waals surface area contributed by atoms with E-state index in [1.165, 1.54) is 7.11 Å². The fourth-order valence-electron chi connectivity index (χ4n) is 1.65. The van der Waals surface area contributed by atoms with Crippen LogP contribution in [0.15, 0.2) is 46.9 Å². The highest BCUT2D eigenvalue weighted by Gasteiger charge is 2.16. The Bertz CT molecular complexity index is 596. The van der Waals surface area contributed by atoms with Crippen molar-refractivity contribution in [2.45, 2.75) is 0 Å². The van der Waals surface area contributed by atoms with Gasteiger partial charge in [0.15, 0.2) is 5.78 Å². The predicted molar refractivity (Wildman–Crippen MR) is 75.6 cm³/mol. The molecule has 0 radical (unpaired) electrons. The lowest BCUT2D eigenvalue weighted by atomic mass is 10.0. The van der Waals surface area contributed by atoms with Crippen molar-refractivity contribution in [1.82, 2.24) is 0 Å². The van der Waals surface area contributed by atoms with Crippen LogP contribution >= 0.6 is 27.5 Å². The third-order valence-corrected chi connectivity index (χ3v) is 3.35. The van der Waals surface area contributed by atoms with Gasteiger partial charge in [0, 0.05) is 10.0 Å². The average molecular weight is 326 g/mol. The molecular formula is C14H10BrClO2. The Kier molecular flexibility index (Phi) is 4.04. The number of benzene rings is 2. The van der Waals surface area contributed by atoms with Crippen molar-refractivity contribution >= 4 is 33.3 Å². The number of hydrogen-bond acceptors (Lipinski definition) is 2. The highest BCUT2D eigenvalue weighted by atomic mass is 79.9. The van der Waals surface area contributed by atoms with E-state index in [4.69, 9.17) is 16.3 Å². The quantitative estimate of drug-likeness (QED) is 0.785. The van der Waals surface area contributed by atoms with Crippen LogP contribution in [-0.2, 0) is 0 Å². The summed E-state index contributed by atoms with van der Waals surface area (Å²) in [6.45, 7) is 0. The molecule has 4 heteroatoms. The van der Waals surface area contributed by atoms with Gasteiger partial charge in [0.2, 0.25) is 0 Å². The first-order valence-electron chi connectivity index (χ1n) is 5.26. The van der Waals surface area contributed by atoms with E-state index >= 15 is 0 Å². The first kappa shape index (κ1) is 13.1. The van der Waals surface area contributed by atoms with Gasteiger partial charge in [-0.2, -0.15) is 0 Å². The first-order chi connectivity index (χ1) is 8.63. The molecule has 0 unspecified atom stereocenters. The molecule has 0 bridgehead atoms. The highest BCUT2D eigenvalue weighted by Crippen LogP contribution is 2.27. The van der Waals surface area contributed by atoms with Crippen molar-refractivity contribution < 1.29 is 9.53 Å². The number of methoxy groups -OCH3 is 1. The molecule has 0 fully saturated rings. The molecule has 2 aromatic carbocycles. The highest BCUT2D eigenvalue weighted by molar-refractivity contribution is 9.10. The summed E-state index contributed by atoms with van der Waals surface area (Å²) in [4.78, 5) is 12.4. The summed E-state index contributed by atoms with van der Waals surface area (Å²) in [5.41, 5.74) is 0.954. The molecule has 92 valence electrons. The fraction of sp³-hybridized carbons (Fsp3) is 0.0714. The molecule has 0 saturated heterocycles. The first-order valence-corrected chi connectivity index (χ1v) is 6.43. The van der Waals surface area contributed by atoms with Crippen LogP contribution in [0.3, 0.4) is 0 Å². The molecule has 18 heavy (non-hydrogen) atoms. The van der Waals surface area contributed by atoms with Gasteiger partial charge in [0.1, 0.15) is 5.75 Å². The Balaban J connectivity index is 2.51. The van der Waals surface area contributed by atoms with Gasteiger partial charge in [0.05, 0.1) is 17.7 Å². The molecule has 2 nitrogen and oxygen atoms in total. The molecule has 2 rings (SSSR count). The molecule has 2 aromatic rings. The Morgan fingerprint density at radius 1 is 1.17 bits per heavy atom. The number of rotatable bonds is 3. The van der Waals surface area contributed by atoms with Crippen LogP contribution in [0.1, 0.15) is 15.9 Å². The zero-order valence-electron chi connectivity index (χ0n) is 9.61. The molecule has 0 heterocycles. The summed E-state index contributed by atoms with van der Waals surface area (Å²) in [6.07, 6.45) is 0. The van der Waals surface area contributed by atoms with Crippen molar-refractivity contribution in [2.75, 3.05) is 7.11 Å². The number of hydrogen-bond donors (Lipinski definition) is 0.